The van der Waals surface area contributed by atoms with Crippen LogP contribution >= 0.6 is 22.9 Å². The summed E-state index contributed by atoms with van der Waals surface area (Å²) in [5.41, 5.74) is 8.76. The number of nitrogen functional groups attached to an aromatic ring is 1. The topological polar surface area (TPSA) is 60.9 Å². The highest BCUT2D eigenvalue weighted by Gasteiger charge is 2.29. The molecule has 1 aliphatic rings. The number of nitrogens with two attached hydrogens (primary N) is 1. The van der Waals surface area contributed by atoms with Gasteiger partial charge < -0.3 is 5.73 Å². The summed E-state index contributed by atoms with van der Waals surface area (Å²) >= 11 is 7.58. The van der Waals surface area contributed by atoms with Crippen LogP contribution in [0.5, 0.6) is 0 Å². The first-order valence-corrected chi connectivity index (χ1v) is 9.10. The van der Waals surface area contributed by atoms with E-state index in [2.05, 4.69) is 41.4 Å². The molecule has 0 amide bonds. The summed E-state index contributed by atoms with van der Waals surface area (Å²) in [4.78, 5) is 17.5. The molecule has 0 fully saturated rings. The van der Waals surface area contributed by atoms with Gasteiger partial charge in [0.2, 0.25) is 5.95 Å². The molecule has 126 valence electrons. The van der Waals surface area contributed by atoms with Gasteiger partial charge in [0.15, 0.2) is 0 Å². The second-order valence-corrected chi connectivity index (χ2v) is 7.81. The number of halogens is 1. The van der Waals surface area contributed by atoms with Crippen LogP contribution in [0.2, 0.25) is 4.34 Å². The maximum absolute atomic E-state index is 12.0. The molecule has 0 saturated heterocycles. The third kappa shape index (κ3) is 2.90. The predicted octanol–water partition coefficient (Wildman–Crippen LogP) is 4.18. The molecule has 2 heterocycles. The molecule has 0 spiro atoms. The molecule has 0 saturated carbocycles. The number of benzene rings is 1. The minimum atomic E-state index is -0.133. The molecule has 6 heteroatoms. The summed E-state index contributed by atoms with van der Waals surface area (Å²) in [5.74, 6) is 0.532. The number of rotatable bonds is 3. The van der Waals surface area contributed by atoms with Crippen molar-refractivity contribution in [2.75, 3.05) is 5.73 Å². The van der Waals surface area contributed by atoms with Gasteiger partial charge in [0.1, 0.15) is 0 Å². The van der Waals surface area contributed by atoms with E-state index in [1.165, 1.54) is 10.1 Å². The molecule has 3 aromatic rings. The molecule has 1 aliphatic carbocycles. The van der Waals surface area contributed by atoms with Crippen LogP contribution in [0, 0.1) is 0 Å². The van der Waals surface area contributed by atoms with Crippen molar-refractivity contribution in [2.45, 2.75) is 11.8 Å². The fourth-order valence-electron chi connectivity index (χ4n) is 3.02. The van der Waals surface area contributed by atoms with Crippen LogP contribution in [-0.4, -0.2) is 9.55 Å². The van der Waals surface area contributed by atoms with Crippen LogP contribution in [-0.2, 0) is 7.05 Å². The highest BCUT2D eigenvalue weighted by atomic mass is 35.5. The first-order chi connectivity index (χ1) is 12.0. The Morgan fingerprint density at radius 1 is 1.12 bits per heavy atom. The van der Waals surface area contributed by atoms with Gasteiger partial charge in [-0.2, -0.15) is 0 Å². The monoisotopic (exact) mass is 369 g/mol. The van der Waals surface area contributed by atoms with E-state index in [4.69, 9.17) is 17.3 Å². The van der Waals surface area contributed by atoms with Crippen molar-refractivity contribution < 1.29 is 0 Å². The molecule has 4 rings (SSSR count). The number of thiophene rings is 1. The van der Waals surface area contributed by atoms with E-state index in [0.29, 0.717) is 0 Å². The third-order valence-electron chi connectivity index (χ3n) is 4.60. The number of allylic oxidation sites excluding steroid dienone is 2. The molecule has 0 radical (unpaired) electrons. The zero-order valence-corrected chi connectivity index (χ0v) is 15.1. The van der Waals surface area contributed by atoms with Crippen LogP contribution in [0.25, 0.3) is 10.4 Å². The lowest BCUT2D eigenvalue weighted by atomic mass is 9.75. The zero-order chi connectivity index (χ0) is 17.6. The standard InChI is InChI=1S/C19H16ClN3OS/c1-23-18(24)10-15(22-19(23)21)14-7-6-13(14)11-2-4-12(5-3-11)16-8-9-17(20)25-16/h2-10,13-14H,1H3,(H2,21,22). The maximum Gasteiger partial charge on any atom is 0.254 e. The van der Waals surface area contributed by atoms with E-state index in [-0.39, 0.29) is 23.3 Å². The lowest BCUT2D eigenvalue weighted by Crippen LogP contribution is -2.25. The summed E-state index contributed by atoms with van der Waals surface area (Å²) in [6.07, 6.45) is 4.20. The van der Waals surface area contributed by atoms with Crippen molar-refractivity contribution >= 4 is 28.9 Å². The van der Waals surface area contributed by atoms with Gasteiger partial charge in [0.25, 0.3) is 5.56 Å². The van der Waals surface area contributed by atoms with Crippen LogP contribution in [0.15, 0.2) is 59.4 Å². The van der Waals surface area contributed by atoms with Crippen LogP contribution in [0.3, 0.4) is 0 Å². The van der Waals surface area contributed by atoms with Gasteiger partial charge in [0, 0.05) is 29.8 Å². The normalized spacial score (nSPS) is 19.0. The van der Waals surface area contributed by atoms with Gasteiger partial charge >= 0.3 is 0 Å². The molecule has 0 aliphatic heterocycles. The zero-order valence-electron chi connectivity index (χ0n) is 13.5. The van der Waals surface area contributed by atoms with Crippen LogP contribution < -0.4 is 11.3 Å². The SMILES string of the molecule is Cn1c(N)nc(C2C=CC2c2ccc(-c3ccc(Cl)s3)cc2)cc1=O. The number of anilines is 1. The summed E-state index contributed by atoms with van der Waals surface area (Å²) < 4.78 is 2.14. The Morgan fingerprint density at radius 2 is 1.84 bits per heavy atom. The van der Waals surface area contributed by atoms with Gasteiger partial charge in [-0.3, -0.25) is 9.36 Å². The first kappa shape index (κ1) is 16.1. The minimum absolute atomic E-state index is 0.0817. The molecule has 25 heavy (non-hydrogen) atoms. The fourth-order valence-corrected chi connectivity index (χ4v) is 4.07. The molecule has 4 nitrogen and oxygen atoms in total. The highest BCUT2D eigenvalue weighted by molar-refractivity contribution is 7.19. The van der Waals surface area contributed by atoms with Gasteiger partial charge in [-0.25, -0.2) is 4.98 Å². The van der Waals surface area contributed by atoms with Gasteiger partial charge in [0.05, 0.1) is 10.0 Å². The minimum Gasteiger partial charge on any atom is -0.369 e. The second-order valence-electron chi connectivity index (χ2n) is 6.10. The highest BCUT2D eigenvalue weighted by Crippen LogP contribution is 2.42. The smallest absolute Gasteiger partial charge is 0.254 e. The van der Waals surface area contributed by atoms with E-state index in [1.54, 1.807) is 24.5 Å². The van der Waals surface area contributed by atoms with E-state index in [1.807, 2.05) is 12.1 Å². The predicted molar refractivity (Wildman–Crippen MR) is 103 cm³/mol. The summed E-state index contributed by atoms with van der Waals surface area (Å²) in [6, 6.07) is 14.0. The summed E-state index contributed by atoms with van der Waals surface area (Å²) in [7, 11) is 1.62. The molecule has 2 aromatic heterocycles. The molecular weight excluding hydrogens is 354 g/mol. The van der Waals surface area contributed by atoms with Crippen molar-refractivity contribution in [2.24, 2.45) is 7.05 Å². The third-order valence-corrected chi connectivity index (χ3v) is 5.88. The maximum atomic E-state index is 12.0. The number of aromatic nitrogens is 2. The Kier molecular flexibility index (Phi) is 3.98. The Labute approximate surface area is 154 Å². The van der Waals surface area contributed by atoms with Crippen LogP contribution in [0.4, 0.5) is 5.95 Å². The summed E-state index contributed by atoms with van der Waals surface area (Å²) in [6.45, 7) is 0. The van der Waals surface area contributed by atoms with Crippen molar-refractivity contribution in [3.05, 3.63) is 80.6 Å². The second kappa shape index (κ2) is 6.17. The fraction of sp³-hybridized carbons (Fsp3) is 0.158. The van der Waals surface area contributed by atoms with Crippen molar-refractivity contribution in [1.82, 2.24) is 9.55 Å². The molecular formula is C19H16ClN3OS. The number of hydrogen-bond donors (Lipinski definition) is 1. The average Bonchev–Trinajstić information content (AvgIpc) is 2.99. The first-order valence-electron chi connectivity index (χ1n) is 7.90. The Hall–Kier alpha value is -2.37. The van der Waals surface area contributed by atoms with E-state index < -0.39 is 0 Å². The van der Waals surface area contributed by atoms with Gasteiger partial charge in [-0.15, -0.1) is 11.3 Å². The summed E-state index contributed by atoms with van der Waals surface area (Å²) in [5, 5.41) is 0. The van der Waals surface area contributed by atoms with E-state index >= 15 is 0 Å². The van der Waals surface area contributed by atoms with Gasteiger partial charge in [-0.1, -0.05) is 48.0 Å². The largest absolute Gasteiger partial charge is 0.369 e. The van der Waals surface area contributed by atoms with E-state index in [0.717, 1.165) is 20.5 Å². The molecule has 0 bridgehead atoms. The molecule has 1 aromatic carbocycles. The van der Waals surface area contributed by atoms with E-state index in [9.17, 15) is 4.79 Å². The molecule has 2 atom stereocenters. The average molecular weight is 370 g/mol. The Morgan fingerprint density at radius 3 is 2.40 bits per heavy atom. The molecule has 2 unspecified atom stereocenters. The number of hydrogen-bond acceptors (Lipinski definition) is 4. The number of nitrogens with zero attached hydrogens (tertiary/aromatic N) is 2. The Balaban J connectivity index is 1.61. The van der Waals surface area contributed by atoms with Crippen molar-refractivity contribution in [3.8, 4) is 10.4 Å². The van der Waals surface area contributed by atoms with Crippen molar-refractivity contribution in [1.29, 1.82) is 0 Å². The molecule has 2 N–H and O–H groups in total. The lowest BCUT2D eigenvalue weighted by Gasteiger charge is -2.29. The van der Waals surface area contributed by atoms with Crippen LogP contribution in [0.1, 0.15) is 23.1 Å². The quantitative estimate of drug-likeness (QED) is 0.704. The lowest BCUT2D eigenvalue weighted by molar-refractivity contribution is 0.647. The van der Waals surface area contributed by atoms with Crippen molar-refractivity contribution in [3.63, 3.8) is 0 Å². The Bertz CT molecular complexity index is 1020. The van der Waals surface area contributed by atoms with Gasteiger partial charge in [-0.05, 0) is 23.3 Å².